The Kier molecular flexibility index (Phi) is 6.80. The van der Waals surface area contributed by atoms with Gasteiger partial charge in [-0.15, -0.1) is 0 Å². The van der Waals surface area contributed by atoms with E-state index in [0.29, 0.717) is 18.4 Å². The van der Waals surface area contributed by atoms with Gasteiger partial charge in [-0.1, -0.05) is 13.8 Å². The Morgan fingerprint density at radius 2 is 2.16 bits per heavy atom. The van der Waals surface area contributed by atoms with Crippen LogP contribution in [-0.4, -0.2) is 36.2 Å². The molecule has 0 aliphatic carbocycles. The summed E-state index contributed by atoms with van der Waals surface area (Å²) in [6.45, 7) is 8.14. The van der Waals surface area contributed by atoms with Gasteiger partial charge in [-0.3, -0.25) is 4.79 Å². The summed E-state index contributed by atoms with van der Waals surface area (Å²) in [5, 5.41) is 15.5. The summed E-state index contributed by atoms with van der Waals surface area (Å²) in [6, 6.07) is 0. The van der Waals surface area contributed by atoms with Gasteiger partial charge in [0.05, 0.1) is 5.54 Å². The maximum atomic E-state index is 12.3. The van der Waals surface area contributed by atoms with E-state index in [1.165, 1.54) is 0 Å². The van der Waals surface area contributed by atoms with Crippen molar-refractivity contribution >= 4 is 5.91 Å². The van der Waals surface area contributed by atoms with E-state index in [1.54, 1.807) is 0 Å². The van der Waals surface area contributed by atoms with Crippen molar-refractivity contribution in [2.45, 2.75) is 58.4 Å². The molecule has 2 atom stereocenters. The average molecular weight is 270 g/mol. The fourth-order valence-corrected chi connectivity index (χ4v) is 2.83. The van der Waals surface area contributed by atoms with E-state index in [2.05, 4.69) is 24.5 Å². The number of nitrogens with one attached hydrogen (secondary N) is 2. The van der Waals surface area contributed by atoms with E-state index in [4.69, 9.17) is 5.11 Å². The molecule has 19 heavy (non-hydrogen) atoms. The molecule has 0 aromatic carbocycles. The molecule has 1 rings (SSSR count). The van der Waals surface area contributed by atoms with Crippen LogP contribution in [0.4, 0.5) is 0 Å². The summed E-state index contributed by atoms with van der Waals surface area (Å²) >= 11 is 0. The van der Waals surface area contributed by atoms with E-state index in [-0.39, 0.29) is 12.5 Å². The molecule has 0 aromatic rings. The zero-order valence-corrected chi connectivity index (χ0v) is 12.7. The standard InChI is InChI=1S/C15H30N2O2/c1-12(2)10-13(6-9-18)11-16-14(19)15(3)7-4-5-8-17-15/h12-13,17-18H,4-11H2,1-3H3,(H,16,19). The van der Waals surface area contributed by atoms with Gasteiger partial charge < -0.3 is 15.7 Å². The van der Waals surface area contributed by atoms with E-state index >= 15 is 0 Å². The van der Waals surface area contributed by atoms with Crippen molar-refractivity contribution in [3.8, 4) is 0 Å². The van der Waals surface area contributed by atoms with Crippen LogP contribution >= 0.6 is 0 Å². The predicted molar refractivity (Wildman–Crippen MR) is 77.9 cm³/mol. The van der Waals surface area contributed by atoms with Gasteiger partial charge in [-0.2, -0.15) is 0 Å². The number of hydrogen-bond acceptors (Lipinski definition) is 3. The van der Waals surface area contributed by atoms with Crippen molar-refractivity contribution in [1.82, 2.24) is 10.6 Å². The zero-order valence-electron chi connectivity index (χ0n) is 12.7. The van der Waals surface area contributed by atoms with Gasteiger partial charge in [0, 0.05) is 13.2 Å². The second kappa shape index (κ2) is 7.85. The number of aliphatic hydroxyl groups is 1. The Morgan fingerprint density at radius 1 is 1.42 bits per heavy atom. The predicted octanol–water partition coefficient (Wildman–Crippen LogP) is 1.68. The van der Waals surface area contributed by atoms with Crippen LogP contribution < -0.4 is 10.6 Å². The van der Waals surface area contributed by atoms with E-state index in [0.717, 1.165) is 38.6 Å². The van der Waals surface area contributed by atoms with E-state index in [9.17, 15) is 4.79 Å². The van der Waals surface area contributed by atoms with Gasteiger partial charge in [0.25, 0.3) is 0 Å². The van der Waals surface area contributed by atoms with Gasteiger partial charge >= 0.3 is 0 Å². The minimum absolute atomic E-state index is 0.110. The number of piperidine rings is 1. The van der Waals surface area contributed by atoms with Gasteiger partial charge in [0.2, 0.25) is 5.91 Å². The molecule has 4 heteroatoms. The summed E-state index contributed by atoms with van der Waals surface area (Å²) < 4.78 is 0. The average Bonchev–Trinajstić information content (AvgIpc) is 2.36. The molecule has 1 aliphatic rings. The Balaban J connectivity index is 2.41. The van der Waals surface area contributed by atoms with Crippen LogP contribution in [0.3, 0.4) is 0 Å². The molecule has 1 aliphatic heterocycles. The number of rotatable bonds is 7. The molecule has 0 bridgehead atoms. The highest BCUT2D eigenvalue weighted by Gasteiger charge is 2.34. The fraction of sp³-hybridized carbons (Fsp3) is 0.933. The molecule has 0 spiro atoms. The van der Waals surface area contributed by atoms with Crippen molar-refractivity contribution in [3.05, 3.63) is 0 Å². The number of aliphatic hydroxyl groups excluding tert-OH is 1. The number of hydrogen-bond donors (Lipinski definition) is 3. The molecular formula is C15H30N2O2. The highest BCUT2D eigenvalue weighted by Crippen LogP contribution is 2.19. The Bertz CT molecular complexity index is 273. The number of carbonyl (C=O) groups is 1. The summed E-state index contributed by atoms with van der Waals surface area (Å²) in [7, 11) is 0. The van der Waals surface area contributed by atoms with Crippen molar-refractivity contribution in [2.24, 2.45) is 11.8 Å². The summed E-state index contributed by atoms with van der Waals surface area (Å²) in [4.78, 5) is 12.3. The van der Waals surface area contributed by atoms with Crippen molar-refractivity contribution in [2.75, 3.05) is 19.7 Å². The monoisotopic (exact) mass is 270 g/mol. The molecule has 1 saturated heterocycles. The van der Waals surface area contributed by atoms with Gasteiger partial charge in [-0.25, -0.2) is 0 Å². The molecule has 4 nitrogen and oxygen atoms in total. The first-order valence-electron chi connectivity index (χ1n) is 7.62. The lowest BCUT2D eigenvalue weighted by atomic mass is 9.89. The molecule has 3 N–H and O–H groups in total. The molecule has 112 valence electrons. The molecule has 0 radical (unpaired) electrons. The first kappa shape index (κ1) is 16.4. The smallest absolute Gasteiger partial charge is 0.240 e. The molecule has 1 amide bonds. The van der Waals surface area contributed by atoms with Crippen LogP contribution in [0.5, 0.6) is 0 Å². The van der Waals surface area contributed by atoms with Crippen LogP contribution in [0.1, 0.15) is 52.9 Å². The van der Waals surface area contributed by atoms with Gasteiger partial charge in [0.1, 0.15) is 0 Å². The SMILES string of the molecule is CC(C)CC(CCO)CNC(=O)C1(C)CCCCN1. The summed E-state index contributed by atoms with van der Waals surface area (Å²) in [5.74, 6) is 1.08. The van der Waals surface area contributed by atoms with Crippen molar-refractivity contribution in [1.29, 1.82) is 0 Å². The second-order valence-electron chi connectivity index (χ2n) is 6.43. The second-order valence-corrected chi connectivity index (χ2v) is 6.43. The van der Waals surface area contributed by atoms with E-state index in [1.807, 2.05) is 6.92 Å². The third-order valence-corrected chi connectivity index (χ3v) is 4.01. The van der Waals surface area contributed by atoms with Crippen LogP contribution in [0.15, 0.2) is 0 Å². The number of carbonyl (C=O) groups excluding carboxylic acids is 1. The first-order chi connectivity index (χ1) is 8.98. The Hall–Kier alpha value is -0.610. The molecule has 2 unspecified atom stereocenters. The third kappa shape index (κ3) is 5.49. The molecule has 0 aromatic heterocycles. The minimum atomic E-state index is -0.403. The normalized spacial score (nSPS) is 25.3. The minimum Gasteiger partial charge on any atom is -0.396 e. The maximum Gasteiger partial charge on any atom is 0.240 e. The van der Waals surface area contributed by atoms with Crippen molar-refractivity contribution in [3.63, 3.8) is 0 Å². The number of amides is 1. The summed E-state index contributed by atoms with van der Waals surface area (Å²) in [6.07, 6.45) is 4.99. The quantitative estimate of drug-likeness (QED) is 0.659. The summed E-state index contributed by atoms with van der Waals surface area (Å²) in [5.41, 5.74) is -0.403. The molecular weight excluding hydrogens is 240 g/mol. The highest BCUT2D eigenvalue weighted by atomic mass is 16.3. The topological polar surface area (TPSA) is 61.4 Å². The maximum absolute atomic E-state index is 12.3. The van der Waals surface area contributed by atoms with Crippen LogP contribution in [-0.2, 0) is 4.79 Å². The Morgan fingerprint density at radius 3 is 2.68 bits per heavy atom. The lowest BCUT2D eigenvalue weighted by molar-refractivity contribution is -0.128. The van der Waals surface area contributed by atoms with Crippen molar-refractivity contribution < 1.29 is 9.90 Å². The largest absolute Gasteiger partial charge is 0.396 e. The lowest BCUT2D eigenvalue weighted by Crippen LogP contribution is -2.57. The van der Waals surface area contributed by atoms with Crippen LogP contribution in [0.25, 0.3) is 0 Å². The molecule has 1 heterocycles. The zero-order chi connectivity index (χ0) is 14.3. The van der Waals surface area contributed by atoms with Crippen LogP contribution in [0.2, 0.25) is 0 Å². The Labute approximate surface area is 117 Å². The highest BCUT2D eigenvalue weighted by molar-refractivity contribution is 5.85. The van der Waals surface area contributed by atoms with Gasteiger partial charge in [-0.05, 0) is 57.4 Å². The first-order valence-corrected chi connectivity index (χ1v) is 7.62. The third-order valence-electron chi connectivity index (χ3n) is 4.01. The lowest BCUT2D eigenvalue weighted by Gasteiger charge is -2.34. The molecule has 1 fully saturated rings. The van der Waals surface area contributed by atoms with Crippen LogP contribution in [0, 0.1) is 11.8 Å². The fourth-order valence-electron chi connectivity index (χ4n) is 2.83. The van der Waals surface area contributed by atoms with E-state index < -0.39 is 5.54 Å². The molecule has 0 saturated carbocycles. The van der Waals surface area contributed by atoms with Gasteiger partial charge in [0.15, 0.2) is 0 Å².